The maximum atomic E-state index is 5.08. The lowest BCUT2D eigenvalue weighted by Crippen LogP contribution is -1.97. The normalized spacial score (nSPS) is 11.9. The van der Waals surface area contributed by atoms with Crippen LogP contribution in [-0.2, 0) is 0 Å². The Labute approximate surface area is 332 Å². The Hall–Kier alpha value is -7.34. The third-order valence-electron chi connectivity index (χ3n) is 11.3. The molecule has 57 heavy (non-hydrogen) atoms. The predicted octanol–water partition coefficient (Wildman–Crippen LogP) is 14.0. The molecule has 0 bridgehead atoms. The van der Waals surface area contributed by atoms with Crippen LogP contribution in [0.2, 0.25) is 0 Å². The van der Waals surface area contributed by atoms with Crippen LogP contribution in [0.5, 0.6) is 0 Å². The fourth-order valence-electron chi connectivity index (χ4n) is 8.68. The van der Waals surface area contributed by atoms with Crippen LogP contribution in [0.3, 0.4) is 0 Å². The molecule has 5 heteroatoms. The van der Waals surface area contributed by atoms with E-state index in [0.29, 0.717) is 5.82 Å². The highest BCUT2D eigenvalue weighted by Crippen LogP contribution is 2.44. The quantitative estimate of drug-likeness (QED) is 0.176. The van der Waals surface area contributed by atoms with E-state index in [4.69, 9.17) is 9.97 Å². The Morgan fingerprint density at radius 2 is 0.754 bits per heavy atom. The highest BCUT2D eigenvalue weighted by atomic mass is 32.1. The van der Waals surface area contributed by atoms with Gasteiger partial charge in [-0.15, -0.1) is 11.3 Å². The molecule has 0 fully saturated rings. The molecule has 12 aromatic rings. The Bertz CT molecular complexity index is 3430. The minimum absolute atomic E-state index is 0.716. The van der Waals surface area contributed by atoms with Crippen molar-refractivity contribution in [2.24, 2.45) is 0 Å². The lowest BCUT2D eigenvalue weighted by atomic mass is 10.1. The standard InChI is InChI=1S/C52H32N4S/c1-4-14-33(15-5-1)44-30-45(54-52(53-44)35-16-6-2-7-17-35)34-24-26-37(27-25-34)56-47-23-13-11-21-39(47)41-29-43-42-28-40-38-20-10-12-22-46(38)55(36-18-8-3-9-19-36)48(40)31-50(42)57-51(43)32-49(41)56/h1-32H. The van der Waals surface area contributed by atoms with Gasteiger partial charge in [0.1, 0.15) is 0 Å². The van der Waals surface area contributed by atoms with Gasteiger partial charge in [0.2, 0.25) is 0 Å². The van der Waals surface area contributed by atoms with Crippen LogP contribution in [-0.4, -0.2) is 19.1 Å². The van der Waals surface area contributed by atoms with Crippen molar-refractivity contribution in [3.63, 3.8) is 0 Å². The van der Waals surface area contributed by atoms with Crippen LogP contribution in [0.15, 0.2) is 194 Å². The molecule has 4 nitrogen and oxygen atoms in total. The summed E-state index contributed by atoms with van der Waals surface area (Å²) in [5.41, 5.74) is 12.0. The molecule has 0 atom stereocenters. The summed E-state index contributed by atoms with van der Waals surface area (Å²) < 4.78 is 7.39. The van der Waals surface area contributed by atoms with E-state index in [2.05, 4.69) is 179 Å². The Balaban J connectivity index is 1.02. The monoisotopic (exact) mass is 744 g/mol. The second kappa shape index (κ2) is 12.6. The third-order valence-corrected chi connectivity index (χ3v) is 12.4. The fourth-order valence-corrected chi connectivity index (χ4v) is 9.82. The number of fused-ring (bicyclic) bond motifs is 9. The van der Waals surface area contributed by atoms with Gasteiger partial charge in [0.25, 0.3) is 0 Å². The SMILES string of the molecule is c1ccc(-c2cc(-c3ccc(-n4c5ccccc5c5cc6c(cc54)sc4cc5c(cc46)c4ccccc4n5-c4ccccc4)cc3)nc(-c3ccccc3)n2)cc1. The largest absolute Gasteiger partial charge is 0.309 e. The zero-order chi connectivity index (χ0) is 37.5. The molecule has 0 aliphatic rings. The lowest BCUT2D eigenvalue weighted by Gasteiger charge is -2.11. The Kier molecular flexibility index (Phi) is 7.06. The number of aromatic nitrogens is 4. The molecule has 8 aromatic carbocycles. The summed E-state index contributed by atoms with van der Waals surface area (Å²) in [5.74, 6) is 0.716. The van der Waals surface area contributed by atoms with Gasteiger partial charge in [-0.25, -0.2) is 9.97 Å². The van der Waals surface area contributed by atoms with Gasteiger partial charge in [0.05, 0.1) is 33.5 Å². The number of rotatable bonds is 5. The van der Waals surface area contributed by atoms with Crippen molar-refractivity contribution >= 4 is 75.1 Å². The predicted molar refractivity (Wildman–Crippen MR) is 240 cm³/mol. The summed E-state index contributed by atoms with van der Waals surface area (Å²) in [7, 11) is 0. The van der Waals surface area contributed by atoms with Crippen molar-refractivity contribution in [1.29, 1.82) is 0 Å². The van der Waals surface area contributed by atoms with Gasteiger partial charge in [-0.1, -0.05) is 127 Å². The first-order valence-corrected chi connectivity index (χ1v) is 20.1. The molecule has 0 spiro atoms. The van der Waals surface area contributed by atoms with Crippen molar-refractivity contribution in [2.45, 2.75) is 0 Å². The van der Waals surface area contributed by atoms with Crippen molar-refractivity contribution in [3.05, 3.63) is 194 Å². The average molecular weight is 745 g/mol. The lowest BCUT2D eigenvalue weighted by molar-refractivity contribution is 1.17. The molecule has 0 amide bonds. The Morgan fingerprint density at radius 1 is 0.316 bits per heavy atom. The summed E-state index contributed by atoms with van der Waals surface area (Å²) in [4.78, 5) is 10.1. The first-order chi connectivity index (χ1) is 28.2. The van der Waals surface area contributed by atoms with Gasteiger partial charge in [0, 0.05) is 69.8 Å². The number of para-hydroxylation sites is 3. The molecule has 0 aliphatic carbocycles. The van der Waals surface area contributed by atoms with E-state index < -0.39 is 0 Å². The van der Waals surface area contributed by atoms with Crippen molar-refractivity contribution in [3.8, 4) is 45.3 Å². The first-order valence-electron chi connectivity index (χ1n) is 19.2. The highest BCUT2D eigenvalue weighted by molar-refractivity contribution is 7.26. The second-order valence-corrected chi connectivity index (χ2v) is 15.7. The fraction of sp³-hybridized carbons (Fsp3) is 0. The summed E-state index contributed by atoms with van der Waals surface area (Å²) in [6, 6.07) is 69.4. The van der Waals surface area contributed by atoms with E-state index in [1.54, 1.807) is 0 Å². The molecular formula is C52H32N4S. The van der Waals surface area contributed by atoms with Crippen LogP contribution in [0.25, 0.3) is 109 Å². The summed E-state index contributed by atoms with van der Waals surface area (Å²) >= 11 is 1.88. The van der Waals surface area contributed by atoms with Gasteiger partial charge in [-0.05, 0) is 66.7 Å². The number of thiophene rings is 1. The maximum Gasteiger partial charge on any atom is 0.160 e. The van der Waals surface area contributed by atoms with E-state index in [9.17, 15) is 0 Å². The number of hydrogen-bond acceptors (Lipinski definition) is 3. The average Bonchev–Trinajstić information content (AvgIpc) is 3.92. The smallest absolute Gasteiger partial charge is 0.160 e. The minimum atomic E-state index is 0.716. The molecule has 266 valence electrons. The molecule has 0 unspecified atom stereocenters. The van der Waals surface area contributed by atoms with Crippen LogP contribution in [0.1, 0.15) is 0 Å². The number of benzene rings is 8. The molecule has 0 saturated heterocycles. The van der Waals surface area contributed by atoms with Crippen LogP contribution < -0.4 is 0 Å². The number of nitrogens with zero attached hydrogens (tertiary/aromatic N) is 4. The summed E-state index contributed by atoms with van der Waals surface area (Å²) in [6.45, 7) is 0. The zero-order valence-electron chi connectivity index (χ0n) is 30.7. The number of hydrogen-bond donors (Lipinski definition) is 0. The van der Waals surface area contributed by atoms with Gasteiger partial charge in [-0.2, -0.15) is 0 Å². The second-order valence-electron chi connectivity index (χ2n) is 14.6. The van der Waals surface area contributed by atoms with Crippen molar-refractivity contribution in [2.75, 3.05) is 0 Å². The first kappa shape index (κ1) is 32.0. The molecule has 0 N–H and O–H groups in total. The zero-order valence-corrected chi connectivity index (χ0v) is 31.5. The maximum absolute atomic E-state index is 5.08. The molecular weight excluding hydrogens is 713 g/mol. The Morgan fingerprint density at radius 3 is 1.30 bits per heavy atom. The van der Waals surface area contributed by atoms with E-state index in [1.807, 2.05) is 35.6 Å². The van der Waals surface area contributed by atoms with E-state index >= 15 is 0 Å². The summed E-state index contributed by atoms with van der Waals surface area (Å²) in [5, 5.41) is 7.65. The van der Waals surface area contributed by atoms with Crippen LogP contribution >= 0.6 is 11.3 Å². The molecule has 4 aromatic heterocycles. The van der Waals surface area contributed by atoms with Crippen molar-refractivity contribution < 1.29 is 0 Å². The third kappa shape index (κ3) is 5.06. The van der Waals surface area contributed by atoms with Crippen LogP contribution in [0, 0.1) is 0 Å². The van der Waals surface area contributed by atoms with Crippen molar-refractivity contribution in [1.82, 2.24) is 19.1 Å². The van der Waals surface area contributed by atoms with Gasteiger partial charge < -0.3 is 9.13 Å². The van der Waals surface area contributed by atoms with Gasteiger partial charge >= 0.3 is 0 Å². The van der Waals surface area contributed by atoms with E-state index in [1.165, 1.54) is 69.5 Å². The topological polar surface area (TPSA) is 35.6 Å². The van der Waals surface area contributed by atoms with Crippen LogP contribution in [0.4, 0.5) is 0 Å². The molecule has 0 aliphatic heterocycles. The molecule has 12 rings (SSSR count). The highest BCUT2D eigenvalue weighted by Gasteiger charge is 2.19. The molecule has 4 heterocycles. The van der Waals surface area contributed by atoms with Gasteiger partial charge in [-0.3, -0.25) is 0 Å². The summed E-state index contributed by atoms with van der Waals surface area (Å²) in [6.07, 6.45) is 0. The molecule has 0 saturated carbocycles. The van der Waals surface area contributed by atoms with E-state index in [-0.39, 0.29) is 0 Å². The van der Waals surface area contributed by atoms with Gasteiger partial charge in [0.15, 0.2) is 5.82 Å². The molecule has 0 radical (unpaired) electrons. The minimum Gasteiger partial charge on any atom is -0.309 e. The van der Waals surface area contributed by atoms with E-state index in [0.717, 1.165) is 33.8 Å².